The summed E-state index contributed by atoms with van der Waals surface area (Å²) in [6.07, 6.45) is 2.47. The highest BCUT2D eigenvalue weighted by atomic mass is 127. The molecule has 0 bridgehead atoms. The topological polar surface area (TPSA) is 119 Å². The van der Waals surface area contributed by atoms with Gasteiger partial charge in [0.1, 0.15) is 4.70 Å². The number of benzene rings is 2. The second-order valence-corrected chi connectivity index (χ2v) is 16.4. The molecule has 0 spiro atoms. The van der Waals surface area contributed by atoms with Crippen LogP contribution in [0.5, 0.6) is 0 Å². The minimum absolute atomic E-state index is 0.224. The van der Waals surface area contributed by atoms with E-state index in [0.29, 0.717) is 18.1 Å². The van der Waals surface area contributed by atoms with Gasteiger partial charge in [0, 0.05) is 32.5 Å². The Morgan fingerprint density at radius 2 is 1.62 bits per heavy atom. The zero-order chi connectivity index (χ0) is 31.1. The van der Waals surface area contributed by atoms with E-state index in [1.165, 1.54) is 31.4 Å². The third-order valence-electron chi connectivity index (χ3n) is 6.54. The number of hydrogen-bond donors (Lipinski definition) is 2. The van der Waals surface area contributed by atoms with Crippen LogP contribution < -0.4 is 9.47 Å². The lowest BCUT2D eigenvalue weighted by atomic mass is 10.2. The van der Waals surface area contributed by atoms with Crippen LogP contribution in [0, 0.1) is 3.57 Å². The Morgan fingerprint density at radius 3 is 2.21 bits per heavy atom. The molecule has 2 N–H and O–H groups in total. The molecule has 0 saturated heterocycles. The molecule has 0 atom stereocenters. The molecule has 0 amide bonds. The fourth-order valence-electron chi connectivity index (χ4n) is 4.41. The van der Waals surface area contributed by atoms with E-state index in [1.807, 2.05) is 45.9 Å². The number of halogens is 2. The fourth-order valence-corrected chi connectivity index (χ4v) is 8.33. The average molecular weight is 789 g/mol. The number of aryl methyl sites for hydroxylation is 1. The van der Waals surface area contributed by atoms with Crippen LogP contribution >= 0.6 is 57.3 Å². The van der Waals surface area contributed by atoms with Crippen molar-refractivity contribution in [1.29, 1.82) is 0 Å². The van der Waals surface area contributed by atoms with Crippen LogP contribution in [0.4, 0.5) is 5.69 Å². The SMILES string of the molecule is CCN(CC)CC.O=S(=O)(O)CCCN1C(=Cc2sc3ccc(I)cc3[n+]2CCCS(=O)(=O)O)Sc2ccc(Cl)cc21. The van der Waals surface area contributed by atoms with E-state index in [9.17, 15) is 21.4 Å². The molecule has 2 heterocycles. The van der Waals surface area contributed by atoms with Gasteiger partial charge < -0.3 is 9.80 Å². The maximum atomic E-state index is 11.3. The van der Waals surface area contributed by atoms with Crippen molar-refractivity contribution < 1.29 is 30.5 Å². The molecular weight excluding hydrogens is 753 g/mol. The first-order valence-corrected chi connectivity index (χ1v) is 19.8. The monoisotopic (exact) mass is 788 g/mol. The minimum Gasteiger partial charge on any atom is -0.335 e. The molecule has 0 aliphatic carbocycles. The van der Waals surface area contributed by atoms with Crippen molar-refractivity contribution >= 4 is 99.5 Å². The third-order valence-corrected chi connectivity index (χ3v) is 11.3. The zero-order valence-electron chi connectivity index (χ0n) is 23.7. The minimum atomic E-state index is -4.08. The van der Waals surface area contributed by atoms with Gasteiger partial charge in [0.25, 0.3) is 25.2 Å². The molecule has 0 unspecified atom stereocenters. The van der Waals surface area contributed by atoms with E-state index in [-0.39, 0.29) is 24.3 Å². The van der Waals surface area contributed by atoms with Gasteiger partial charge in [0.05, 0.1) is 28.3 Å². The largest absolute Gasteiger partial charge is 0.335 e. The van der Waals surface area contributed by atoms with E-state index in [4.69, 9.17) is 16.2 Å². The van der Waals surface area contributed by atoms with Crippen molar-refractivity contribution in [2.45, 2.75) is 45.1 Å². The maximum absolute atomic E-state index is 11.3. The highest BCUT2D eigenvalue weighted by Crippen LogP contribution is 2.48. The van der Waals surface area contributed by atoms with E-state index in [0.717, 1.165) is 34.4 Å². The number of thiazole rings is 1. The summed E-state index contributed by atoms with van der Waals surface area (Å²) in [5.41, 5.74) is 1.82. The van der Waals surface area contributed by atoms with Crippen LogP contribution in [0.3, 0.4) is 0 Å². The number of anilines is 1. The molecule has 15 heteroatoms. The zero-order valence-corrected chi connectivity index (χ0v) is 29.8. The first kappa shape index (κ1) is 35.5. The number of rotatable bonds is 12. The van der Waals surface area contributed by atoms with Gasteiger partial charge in [-0.25, -0.2) is 0 Å². The third kappa shape index (κ3) is 10.6. The van der Waals surface area contributed by atoms with Crippen molar-refractivity contribution in [2.24, 2.45) is 0 Å². The van der Waals surface area contributed by atoms with Crippen LogP contribution in [-0.2, 0) is 26.8 Å². The van der Waals surface area contributed by atoms with Crippen molar-refractivity contribution in [2.75, 3.05) is 42.6 Å². The fraction of sp³-hybridized carbons (Fsp3) is 0.444. The molecule has 0 radical (unpaired) electrons. The summed E-state index contributed by atoms with van der Waals surface area (Å²) in [5, 5.41) is 2.31. The lowest BCUT2D eigenvalue weighted by Crippen LogP contribution is -2.36. The highest BCUT2D eigenvalue weighted by molar-refractivity contribution is 14.1. The van der Waals surface area contributed by atoms with Crippen molar-refractivity contribution in [1.82, 2.24) is 4.90 Å². The van der Waals surface area contributed by atoms with Gasteiger partial charge in [-0.1, -0.05) is 55.5 Å². The number of aromatic nitrogens is 1. The van der Waals surface area contributed by atoms with Crippen molar-refractivity contribution in [3.8, 4) is 0 Å². The average Bonchev–Trinajstić information content (AvgIpc) is 3.41. The van der Waals surface area contributed by atoms with E-state index in [1.54, 1.807) is 17.4 Å². The molecule has 1 aromatic heterocycles. The normalized spacial score (nSPS) is 14.5. The predicted molar refractivity (Wildman–Crippen MR) is 183 cm³/mol. The Kier molecular flexibility index (Phi) is 13.4. The molecule has 9 nitrogen and oxygen atoms in total. The number of thioether (sulfide) groups is 1. The predicted octanol–water partition coefficient (Wildman–Crippen LogP) is 6.26. The van der Waals surface area contributed by atoms with E-state index >= 15 is 0 Å². The molecule has 4 rings (SSSR count). The van der Waals surface area contributed by atoms with Gasteiger partial charge >= 0.3 is 0 Å². The first-order valence-electron chi connectivity index (χ1n) is 13.5. The lowest BCUT2D eigenvalue weighted by molar-refractivity contribution is -0.668. The smallest absolute Gasteiger partial charge is 0.265 e. The maximum Gasteiger partial charge on any atom is 0.265 e. The molecule has 42 heavy (non-hydrogen) atoms. The summed E-state index contributed by atoms with van der Waals surface area (Å²) < 4.78 is 67.5. The van der Waals surface area contributed by atoms with Gasteiger partial charge in [-0.2, -0.15) is 21.4 Å². The van der Waals surface area contributed by atoms with Gasteiger partial charge in [-0.05, 0) is 79.0 Å². The second kappa shape index (κ2) is 15.8. The summed E-state index contributed by atoms with van der Waals surface area (Å²) >= 11 is 11.5. The lowest BCUT2D eigenvalue weighted by Gasteiger charge is -2.20. The molecule has 232 valence electrons. The number of hydrogen-bond acceptors (Lipinski definition) is 8. The summed E-state index contributed by atoms with van der Waals surface area (Å²) in [7, 11) is -8.15. The van der Waals surface area contributed by atoms with Crippen molar-refractivity contribution in [3.05, 3.63) is 55.0 Å². The Hall–Kier alpha value is -0.980. The van der Waals surface area contributed by atoms with Gasteiger partial charge in [-0.3, -0.25) is 9.11 Å². The van der Waals surface area contributed by atoms with Crippen LogP contribution in [0.15, 0.2) is 46.3 Å². The van der Waals surface area contributed by atoms with E-state index < -0.39 is 20.2 Å². The molecule has 0 fully saturated rings. The Bertz CT molecular complexity index is 1620. The van der Waals surface area contributed by atoms with Gasteiger partial charge in [-0.15, -0.1) is 0 Å². The number of fused-ring (bicyclic) bond motifs is 2. The molecule has 1 aliphatic heterocycles. The van der Waals surface area contributed by atoms with E-state index in [2.05, 4.69) is 48.3 Å². The van der Waals surface area contributed by atoms with Gasteiger partial charge in [0.2, 0.25) is 5.52 Å². The van der Waals surface area contributed by atoms with Crippen LogP contribution in [0.1, 0.15) is 38.6 Å². The summed E-state index contributed by atoms with van der Waals surface area (Å²) in [6, 6.07) is 11.6. The quantitative estimate of drug-likeness (QED) is 0.125. The molecule has 0 saturated carbocycles. The van der Waals surface area contributed by atoms with Crippen LogP contribution in [-0.4, -0.2) is 68.5 Å². The second-order valence-electron chi connectivity index (χ2n) is 9.45. The standard InChI is InChI=1S/C21H20ClIN2O6S4.C6H15N/c22-14-3-5-18-16(11-14)24(7-1-9-34(26,27)28)20(32-18)13-21-25(8-2-10-35(29,30)31)17-12-15(23)4-6-19(17)33-21;1-4-7(5-2)6-3/h3-6,11-13H,1-2,7-10H2,(H-,26,27,28,29,30,31);4-6H2,1-3H3/p+1. The Balaban J connectivity index is 0.000000616. The Morgan fingerprint density at radius 1 is 0.976 bits per heavy atom. The van der Waals surface area contributed by atoms with Crippen molar-refractivity contribution in [3.63, 3.8) is 0 Å². The van der Waals surface area contributed by atoms with Gasteiger partial charge in [0.15, 0.2) is 6.54 Å². The highest BCUT2D eigenvalue weighted by Gasteiger charge is 2.28. The molecule has 2 aromatic carbocycles. The molecule has 1 aliphatic rings. The first-order chi connectivity index (χ1) is 19.7. The van der Waals surface area contributed by atoms with Crippen LogP contribution in [0.25, 0.3) is 16.3 Å². The Labute approximate surface area is 275 Å². The summed E-state index contributed by atoms with van der Waals surface area (Å²) in [4.78, 5) is 5.33. The summed E-state index contributed by atoms with van der Waals surface area (Å²) in [5.74, 6) is -0.688. The molecular formula is C27H36ClIN3O6S4+. The number of nitrogens with zero attached hydrogens (tertiary/aromatic N) is 3. The molecule has 3 aromatic rings. The van der Waals surface area contributed by atoms with Crippen LogP contribution in [0.2, 0.25) is 5.02 Å². The summed E-state index contributed by atoms with van der Waals surface area (Å²) in [6.45, 7) is 10.9.